The van der Waals surface area contributed by atoms with E-state index in [1.54, 1.807) is 0 Å². The molecule has 0 saturated carbocycles. The second-order valence-corrected chi connectivity index (χ2v) is 10.6. The molecular formula is C37H22N6. The average Bonchev–Trinajstić information content (AvgIpc) is 3.42. The van der Waals surface area contributed by atoms with Gasteiger partial charge in [0.25, 0.3) is 0 Å². The van der Waals surface area contributed by atoms with Gasteiger partial charge in [0.05, 0.1) is 16.7 Å². The number of nitrogens with zero attached hydrogens (tertiary/aromatic N) is 6. The lowest BCUT2D eigenvalue weighted by Crippen LogP contribution is -2.01. The first-order valence-corrected chi connectivity index (χ1v) is 14.2. The van der Waals surface area contributed by atoms with Gasteiger partial charge in [-0.05, 0) is 47.9 Å². The highest BCUT2D eigenvalue weighted by Crippen LogP contribution is 2.37. The van der Waals surface area contributed by atoms with E-state index in [0.717, 1.165) is 77.2 Å². The normalized spacial score (nSPS) is 11.7. The lowest BCUT2D eigenvalue weighted by atomic mass is 9.99. The fraction of sp³-hybridized carbons (Fsp3) is 0. The molecule has 0 unspecified atom stereocenters. The van der Waals surface area contributed by atoms with Crippen LogP contribution < -0.4 is 0 Å². The molecular weight excluding hydrogens is 528 g/mol. The zero-order valence-electron chi connectivity index (χ0n) is 22.9. The summed E-state index contributed by atoms with van der Waals surface area (Å²) in [4.78, 5) is 24.8. The van der Waals surface area contributed by atoms with Crippen LogP contribution in [0, 0.1) is 0 Å². The average molecular weight is 551 g/mol. The lowest BCUT2D eigenvalue weighted by Gasteiger charge is -2.13. The van der Waals surface area contributed by atoms with Crippen LogP contribution in [-0.4, -0.2) is 29.5 Å². The molecule has 0 N–H and O–H groups in total. The maximum Gasteiger partial charge on any atom is 0.160 e. The molecule has 9 rings (SSSR count). The summed E-state index contributed by atoms with van der Waals surface area (Å²) in [5.41, 5.74) is 6.37. The third kappa shape index (κ3) is 3.63. The zero-order valence-corrected chi connectivity index (χ0v) is 22.9. The van der Waals surface area contributed by atoms with Crippen LogP contribution in [0.25, 0.3) is 83.0 Å². The van der Waals surface area contributed by atoms with E-state index in [1.165, 1.54) is 0 Å². The summed E-state index contributed by atoms with van der Waals surface area (Å²) < 4.78 is 2.14. The molecule has 5 heterocycles. The van der Waals surface area contributed by atoms with Gasteiger partial charge in [-0.2, -0.15) is 0 Å². The van der Waals surface area contributed by atoms with E-state index in [-0.39, 0.29) is 0 Å². The van der Waals surface area contributed by atoms with Crippen molar-refractivity contribution in [2.24, 2.45) is 0 Å². The summed E-state index contributed by atoms with van der Waals surface area (Å²) in [6.45, 7) is 0. The Morgan fingerprint density at radius 2 is 1.37 bits per heavy atom. The number of rotatable bonds is 3. The molecule has 0 amide bonds. The molecule has 5 aromatic heterocycles. The van der Waals surface area contributed by atoms with Crippen LogP contribution in [0.4, 0.5) is 0 Å². The number of fused-ring (bicyclic) bond motifs is 7. The summed E-state index contributed by atoms with van der Waals surface area (Å²) >= 11 is 0. The molecule has 0 fully saturated rings. The molecule has 6 heteroatoms. The number of para-hydroxylation sites is 1. The highest BCUT2D eigenvalue weighted by Gasteiger charge is 2.18. The minimum absolute atomic E-state index is 0.655. The van der Waals surface area contributed by atoms with E-state index in [9.17, 15) is 0 Å². The zero-order chi connectivity index (χ0) is 28.3. The molecule has 0 aliphatic heterocycles. The Hall–Kier alpha value is -6.01. The second-order valence-electron chi connectivity index (χ2n) is 10.6. The molecule has 0 atom stereocenters. The monoisotopic (exact) mass is 550 g/mol. The summed E-state index contributed by atoms with van der Waals surface area (Å²) in [6, 6.07) is 39.3. The van der Waals surface area contributed by atoms with E-state index in [4.69, 9.17) is 19.9 Å². The number of benzene rings is 4. The Morgan fingerprint density at radius 1 is 0.512 bits per heavy atom. The van der Waals surface area contributed by atoms with Gasteiger partial charge in [-0.3, -0.25) is 9.55 Å². The van der Waals surface area contributed by atoms with Gasteiger partial charge in [-0.25, -0.2) is 19.9 Å². The van der Waals surface area contributed by atoms with Gasteiger partial charge in [0, 0.05) is 56.6 Å². The van der Waals surface area contributed by atoms with Crippen molar-refractivity contribution in [3.63, 3.8) is 0 Å². The Kier molecular flexibility index (Phi) is 5.10. The van der Waals surface area contributed by atoms with Crippen molar-refractivity contribution in [3.05, 3.63) is 134 Å². The molecule has 0 aliphatic carbocycles. The first kappa shape index (κ1) is 23.7. The van der Waals surface area contributed by atoms with Crippen LogP contribution in [0.5, 0.6) is 0 Å². The van der Waals surface area contributed by atoms with Gasteiger partial charge < -0.3 is 0 Å². The first-order valence-electron chi connectivity index (χ1n) is 14.2. The Morgan fingerprint density at radius 3 is 2.33 bits per heavy atom. The summed E-state index contributed by atoms with van der Waals surface area (Å²) in [6.07, 6.45) is 5.56. The smallest absolute Gasteiger partial charge is 0.160 e. The van der Waals surface area contributed by atoms with Crippen molar-refractivity contribution in [1.29, 1.82) is 0 Å². The number of hydrogen-bond donors (Lipinski definition) is 0. The van der Waals surface area contributed by atoms with Crippen molar-refractivity contribution in [1.82, 2.24) is 29.5 Å². The largest absolute Gasteiger partial charge is 0.278 e. The van der Waals surface area contributed by atoms with Crippen molar-refractivity contribution in [2.75, 3.05) is 0 Å². The molecule has 0 saturated heterocycles. The van der Waals surface area contributed by atoms with E-state index < -0.39 is 0 Å². The van der Waals surface area contributed by atoms with Gasteiger partial charge in [-0.1, -0.05) is 72.8 Å². The highest BCUT2D eigenvalue weighted by molar-refractivity contribution is 6.11. The van der Waals surface area contributed by atoms with Gasteiger partial charge in [0.1, 0.15) is 17.0 Å². The summed E-state index contributed by atoms with van der Waals surface area (Å²) in [5, 5.41) is 6.34. The van der Waals surface area contributed by atoms with Gasteiger partial charge in [0.15, 0.2) is 5.82 Å². The maximum absolute atomic E-state index is 5.30. The Balaban J connectivity index is 1.39. The summed E-state index contributed by atoms with van der Waals surface area (Å²) in [7, 11) is 0. The molecule has 43 heavy (non-hydrogen) atoms. The van der Waals surface area contributed by atoms with Crippen LogP contribution in [0.2, 0.25) is 0 Å². The van der Waals surface area contributed by atoms with E-state index in [0.29, 0.717) is 5.82 Å². The predicted molar refractivity (Wildman–Crippen MR) is 173 cm³/mol. The molecule has 9 aromatic rings. The fourth-order valence-corrected chi connectivity index (χ4v) is 6.16. The van der Waals surface area contributed by atoms with Gasteiger partial charge in [0.2, 0.25) is 0 Å². The van der Waals surface area contributed by atoms with Gasteiger partial charge >= 0.3 is 0 Å². The molecule has 4 aromatic carbocycles. The van der Waals surface area contributed by atoms with Crippen LogP contribution in [-0.2, 0) is 0 Å². The van der Waals surface area contributed by atoms with E-state index in [1.807, 2.05) is 61.1 Å². The lowest BCUT2D eigenvalue weighted by molar-refractivity contribution is 1.07. The SMILES string of the molecule is c1ccc(-c2nc(-c3cccc4ccncc34)c3ccc4ccc(-n5c6ccccc6c6cccnc65)nc4c3n2)cc1. The van der Waals surface area contributed by atoms with Crippen molar-refractivity contribution >= 4 is 54.5 Å². The maximum atomic E-state index is 5.30. The first-order chi connectivity index (χ1) is 21.3. The molecule has 0 radical (unpaired) electrons. The Labute approximate surface area is 246 Å². The quantitative estimate of drug-likeness (QED) is 0.206. The van der Waals surface area contributed by atoms with Crippen molar-refractivity contribution in [2.45, 2.75) is 0 Å². The number of aromatic nitrogens is 6. The van der Waals surface area contributed by atoms with E-state index in [2.05, 4.69) is 82.3 Å². The standard InChI is InChI=1S/C37H22N6/c1-2-8-25(9-3-1)36-41-34(27-12-6-10-23-19-21-38-22-30(23)27)29-17-15-24-16-18-32(40-33(24)35(29)42-36)43-31-14-5-4-11-26(31)28-13-7-20-39-37(28)43/h1-22H. The molecule has 0 aliphatic rings. The van der Waals surface area contributed by atoms with Crippen molar-refractivity contribution in [3.8, 4) is 28.5 Å². The molecule has 200 valence electrons. The second kappa shape index (κ2) is 9.26. The van der Waals surface area contributed by atoms with Crippen LogP contribution in [0.15, 0.2) is 134 Å². The highest BCUT2D eigenvalue weighted by atomic mass is 15.1. The number of pyridine rings is 3. The van der Waals surface area contributed by atoms with Gasteiger partial charge in [-0.15, -0.1) is 0 Å². The molecule has 6 nitrogen and oxygen atoms in total. The Bertz CT molecular complexity index is 2460. The van der Waals surface area contributed by atoms with Crippen LogP contribution >= 0.6 is 0 Å². The predicted octanol–water partition coefficient (Wildman–Crippen LogP) is 8.55. The minimum Gasteiger partial charge on any atom is -0.278 e. The van der Waals surface area contributed by atoms with Crippen LogP contribution in [0.1, 0.15) is 0 Å². The fourth-order valence-electron chi connectivity index (χ4n) is 6.16. The van der Waals surface area contributed by atoms with E-state index >= 15 is 0 Å². The molecule has 0 spiro atoms. The third-order valence-electron chi connectivity index (χ3n) is 8.14. The minimum atomic E-state index is 0.655. The summed E-state index contributed by atoms with van der Waals surface area (Å²) in [5.74, 6) is 1.45. The topological polar surface area (TPSA) is 69.4 Å². The number of hydrogen-bond acceptors (Lipinski definition) is 5. The third-order valence-corrected chi connectivity index (χ3v) is 8.14. The van der Waals surface area contributed by atoms with Crippen LogP contribution in [0.3, 0.4) is 0 Å². The van der Waals surface area contributed by atoms with Crippen molar-refractivity contribution < 1.29 is 0 Å². The molecule has 0 bridgehead atoms.